The molecule has 5 nitrogen and oxygen atoms in total. The molecule has 0 saturated carbocycles. The minimum Gasteiger partial charge on any atom is -0.373 e. The van der Waals surface area contributed by atoms with Crippen molar-refractivity contribution in [2.75, 3.05) is 12.4 Å². The van der Waals surface area contributed by atoms with E-state index < -0.39 is 0 Å². The van der Waals surface area contributed by atoms with Crippen LogP contribution in [0.25, 0.3) is 0 Å². The van der Waals surface area contributed by atoms with E-state index in [4.69, 9.17) is 0 Å². The lowest BCUT2D eigenvalue weighted by Crippen LogP contribution is -1.94. The van der Waals surface area contributed by atoms with Gasteiger partial charge in [0.1, 0.15) is 17.2 Å². The molecule has 0 aromatic carbocycles. The van der Waals surface area contributed by atoms with Crippen molar-refractivity contribution >= 4 is 17.6 Å². The van der Waals surface area contributed by atoms with Crippen LogP contribution in [0, 0.1) is 6.92 Å². The van der Waals surface area contributed by atoms with Gasteiger partial charge in [-0.1, -0.05) is 0 Å². The molecule has 2 heterocycles. The predicted molar refractivity (Wildman–Crippen MR) is 62.5 cm³/mol. The molecule has 0 saturated heterocycles. The summed E-state index contributed by atoms with van der Waals surface area (Å²) in [6.07, 6.45) is 5.09. The second-order valence-corrected chi connectivity index (χ2v) is 4.12. The van der Waals surface area contributed by atoms with E-state index in [9.17, 15) is 0 Å². The molecule has 1 N–H and O–H groups in total. The van der Waals surface area contributed by atoms with Crippen molar-refractivity contribution in [3.63, 3.8) is 0 Å². The van der Waals surface area contributed by atoms with Gasteiger partial charge in [0, 0.05) is 25.5 Å². The van der Waals surface area contributed by atoms with Crippen LogP contribution in [0.3, 0.4) is 0 Å². The first kappa shape index (κ1) is 10.8. The summed E-state index contributed by atoms with van der Waals surface area (Å²) < 4.78 is 0. The number of aromatic nitrogens is 4. The molecule has 0 fully saturated rings. The Kier molecular flexibility index (Phi) is 3.31. The van der Waals surface area contributed by atoms with Crippen molar-refractivity contribution < 1.29 is 0 Å². The summed E-state index contributed by atoms with van der Waals surface area (Å²) >= 11 is 1.41. The number of nitrogens with one attached hydrogen (secondary N) is 1. The van der Waals surface area contributed by atoms with Crippen LogP contribution in [0.1, 0.15) is 5.56 Å². The van der Waals surface area contributed by atoms with Gasteiger partial charge in [-0.25, -0.2) is 19.9 Å². The fraction of sp³-hybridized carbons (Fsp3) is 0.200. The van der Waals surface area contributed by atoms with Gasteiger partial charge in [-0.05, 0) is 24.2 Å². The highest BCUT2D eigenvalue weighted by atomic mass is 32.2. The molecule has 0 unspecified atom stereocenters. The van der Waals surface area contributed by atoms with Crippen molar-refractivity contribution in [1.29, 1.82) is 0 Å². The Balaban J connectivity index is 2.16. The third-order valence-corrected chi connectivity index (χ3v) is 2.68. The van der Waals surface area contributed by atoms with Crippen LogP contribution in [0.5, 0.6) is 0 Å². The molecule has 0 aliphatic rings. The van der Waals surface area contributed by atoms with Crippen molar-refractivity contribution in [2.45, 2.75) is 17.1 Å². The zero-order valence-corrected chi connectivity index (χ0v) is 9.82. The maximum absolute atomic E-state index is 4.20. The highest BCUT2D eigenvalue weighted by Crippen LogP contribution is 2.22. The number of rotatable bonds is 3. The number of aryl methyl sites for hydroxylation is 1. The molecular weight excluding hydrogens is 222 g/mol. The zero-order chi connectivity index (χ0) is 11.4. The second kappa shape index (κ2) is 4.89. The van der Waals surface area contributed by atoms with Gasteiger partial charge in [0.25, 0.3) is 0 Å². The molecule has 0 bridgehead atoms. The molecule has 6 heteroatoms. The normalized spacial score (nSPS) is 10.1. The Morgan fingerprint density at radius 2 is 1.88 bits per heavy atom. The Bertz CT molecular complexity index is 471. The summed E-state index contributed by atoms with van der Waals surface area (Å²) in [7, 11) is 1.82. The van der Waals surface area contributed by atoms with Crippen LogP contribution in [-0.2, 0) is 0 Å². The molecule has 0 spiro atoms. The predicted octanol–water partition coefficient (Wildman–Crippen LogP) is 1.77. The van der Waals surface area contributed by atoms with Gasteiger partial charge < -0.3 is 5.32 Å². The molecule has 2 aromatic rings. The molecule has 0 atom stereocenters. The topological polar surface area (TPSA) is 63.6 Å². The number of hydrogen-bond acceptors (Lipinski definition) is 6. The van der Waals surface area contributed by atoms with Crippen molar-refractivity contribution in [3.05, 3.63) is 30.4 Å². The van der Waals surface area contributed by atoms with Gasteiger partial charge in [-0.2, -0.15) is 0 Å². The van der Waals surface area contributed by atoms with E-state index in [1.807, 2.05) is 20.0 Å². The minimum atomic E-state index is 0.686. The highest BCUT2D eigenvalue weighted by molar-refractivity contribution is 7.99. The molecule has 82 valence electrons. The minimum absolute atomic E-state index is 0.686. The summed E-state index contributed by atoms with van der Waals surface area (Å²) in [5, 5.41) is 4.47. The van der Waals surface area contributed by atoms with Gasteiger partial charge in [0.15, 0.2) is 5.16 Å². The van der Waals surface area contributed by atoms with Crippen molar-refractivity contribution in [3.8, 4) is 0 Å². The largest absolute Gasteiger partial charge is 0.373 e. The zero-order valence-electron chi connectivity index (χ0n) is 9.01. The van der Waals surface area contributed by atoms with Crippen molar-refractivity contribution in [2.24, 2.45) is 0 Å². The SMILES string of the molecule is CNc1cc(Sc2ncc(C)cn2)ncn1. The van der Waals surface area contributed by atoms with E-state index in [2.05, 4.69) is 25.3 Å². The van der Waals surface area contributed by atoms with Gasteiger partial charge in [0.05, 0.1) is 0 Å². The van der Waals surface area contributed by atoms with E-state index in [0.29, 0.717) is 5.16 Å². The molecule has 2 rings (SSSR count). The summed E-state index contributed by atoms with van der Waals surface area (Å²) in [6, 6.07) is 1.86. The maximum Gasteiger partial charge on any atom is 0.193 e. The van der Waals surface area contributed by atoms with E-state index in [1.165, 1.54) is 18.1 Å². The van der Waals surface area contributed by atoms with Gasteiger partial charge in [-0.15, -0.1) is 0 Å². The number of nitrogens with zero attached hydrogens (tertiary/aromatic N) is 4. The lowest BCUT2D eigenvalue weighted by atomic mass is 10.4. The Hall–Kier alpha value is -1.69. The van der Waals surface area contributed by atoms with Gasteiger partial charge in [0.2, 0.25) is 0 Å². The summed E-state index contributed by atoms with van der Waals surface area (Å²) in [6.45, 7) is 1.96. The average molecular weight is 233 g/mol. The standard InChI is InChI=1S/C10H11N5S/c1-7-4-12-10(13-5-7)16-9-3-8(11-2)14-6-15-9/h3-6H,1-2H3,(H,11,14,15). The van der Waals surface area contributed by atoms with Gasteiger partial charge >= 0.3 is 0 Å². The fourth-order valence-electron chi connectivity index (χ4n) is 1.06. The smallest absolute Gasteiger partial charge is 0.193 e. The Morgan fingerprint density at radius 1 is 1.12 bits per heavy atom. The van der Waals surface area contributed by atoms with Crippen LogP contribution >= 0.6 is 11.8 Å². The van der Waals surface area contributed by atoms with Crippen LogP contribution in [-0.4, -0.2) is 27.0 Å². The average Bonchev–Trinajstić information content (AvgIpc) is 2.32. The monoisotopic (exact) mass is 233 g/mol. The summed E-state index contributed by atoms with van der Waals surface area (Å²) in [5.74, 6) is 0.782. The van der Waals surface area contributed by atoms with Gasteiger partial charge in [-0.3, -0.25) is 0 Å². The van der Waals surface area contributed by atoms with E-state index in [0.717, 1.165) is 16.4 Å². The molecule has 2 aromatic heterocycles. The van der Waals surface area contributed by atoms with Crippen LogP contribution in [0.15, 0.2) is 35.0 Å². The Labute approximate surface area is 97.8 Å². The fourth-order valence-corrected chi connectivity index (χ4v) is 1.73. The molecule has 0 amide bonds. The first-order valence-electron chi connectivity index (χ1n) is 4.74. The highest BCUT2D eigenvalue weighted by Gasteiger charge is 2.02. The lowest BCUT2D eigenvalue weighted by molar-refractivity contribution is 0.941. The molecular formula is C10H11N5S. The first-order chi connectivity index (χ1) is 7.78. The van der Waals surface area contributed by atoms with E-state index in [1.54, 1.807) is 12.4 Å². The molecule has 0 aliphatic heterocycles. The molecule has 0 aliphatic carbocycles. The Morgan fingerprint density at radius 3 is 2.56 bits per heavy atom. The van der Waals surface area contributed by atoms with E-state index >= 15 is 0 Å². The van der Waals surface area contributed by atoms with Crippen LogP contribution < -0.4 is 5.32 Å². The molecule has 0 radical (unpaired) electrons. The lowest BCUT2D eigenvalue weighted by Gasteiger charge is -2.01. The summed E-state index contributed by atoms with van der Waals surface area (Å²) in [4.78, 5) is 16.6. The third kappa shape index (κ3) is 2.66. The van der Waals surface area contributed by atoms with Crippen LogP contribution in [0.2, 0.25) is 0 Å². The first-order valence-corrected chi connectivity index (χ1v) is 5.56. The second-order valence-electron chi connectivity index (χ2n) is 3.14. The number of anilines is 1. The van der Waals surface area contributed by atoms with Crippen LogP contribution in [0.4, 0.5) is 5.82 Å². The number of hydrogen-bond donors (Lipinski definition) is 1. The maximum atomic E-state index is 4.20. The summed E-state index contributed by atoms with van der Waals surface area (Å²) in [5.41, 5.74) is 1.04. The third-order valence-electron chi connectivity index (χ3n) is 1.85. The van der Waals surface area contributed by atoms with Crippen molar-refractivity contribution in [1.82, 2.24) is 19.9 Å². The quantitative estimate of drug-likeness (QED) is 0.644. The molecule has 16 heavy (non-hydrogen) atoms. The van der Waals surface area contributed by atoms with E-state index in [-0.39, 0.29) is 0 Å².